The zero-order chi connectivity index (χ0) is 12.1. The fourth-order valence-corrected chi connectivity index (χ4v) is 0.838. The van der Waals surface area contributed by atoms with E-state index in [9.17, 15) is 0 Å². The summed E-state index contributed by atoms with van der Waals surface area (Å²) in [6, 6.07) is 0.104. The monoisotopic (exact) mass is 222 g/mol. The summed E-state index contributed by atoms with van der Waals surface area (Å²) >= 11 is 0. The third kappa shape index (κ3) is 16.5. The van der Waals surface area contributed by atoms with E-state index in [0.717, 1.165) is 12.8 Å². The Morgan fingerprint density at radius 2 is 1.80 bits per heavy atom. The van der Waals surface area contributed by atoms with E-state index in [-0.39, 0.29) is 31.9 Å². The average molecular weight is 222 g/mol. The maximum absolute atomic E-state index is 8.42. The van der Waals surface area contributed by atoms with E-state index in [2.05, 4.69) is 12.2 Å². The molecular formula is C10H26N2O3. The van der Waals surface area contributed by atoms with Gasteiger partial charge in [0.05, 0.1) is 19.8 Å². The fraction of sp³-hybridized carbons (Fsp3) is 1.00. The molecule has 0 amide bonds. The van der Waals surface area contributed by atoms with Crippen molar-refractivity contribution in [3.63, 3.8) is 0 Å². The number of nitrogens with two attached hydrogens (primary N) is 1. The molecule has 0 aliphatic rings. The molecule has 0 saturated heterocycles. The molecule has 0 aliphatic heterocycles. The van der Waals surface area contributed by atoms with Crippen molar-refractivity contribution in [2.75, 3.05) is 26.4 Å². The number of aliphatic hydroxyl groups is 3. The van der Waals surface area contributed by atoms with Crippen molar-refractivity contribution in [2.45, 2.75) is 38.8 Å². The maximum Gasteiger partial charge on any atom is 0.0582 e. The van der Waals surface area contributed by atoms with Gasteiger partial charge in [0.25, 0.3) is 0 Å². The summed E-state index contributed by atoms with van der Waals surface area (Å²) < 4.78 is 0. The molecule has 5 nitrogen and oxygen atoms in total. The molecule has 0 heterocycles. The summed E-state index contributed by atoms with van der Waals surface area (Å²) in [5.74, 6) is 0. The van der Waals surface area contributed by atoms with Gasteiger partial charge < -0.3 is 26.4 Å². The highest BCUT2D eigenvalue weighted by molar-refractivity contribution is 4.55. The Morgan fingerprint density at radius 1 is 1.20 bits per heavy atom. The van der Waals surface area contributed by atoms with Gasteiger partial charge >= 0.3 is 0 Å². The van der Waals surface area contributed by atoms with Crippen molar-refractivity contribution >= 4 is 0 Å². The van der Waals surface area contributed by atoms with Crippen molar-refractivity contribution in [2.24, 2.45) is 5.73 Å². The van der Waals surface area contributed by atoms with Crippen molar-refractivity contribution in [3.8, 4) is 0 Å². The maximum atomic E-state index is 8.42. The van der Waals surface area contributed by atoms with E-state index in [1.165, 1.54) is 0 Å². The molecule has 0 spiro atoms. The van der Waals surface area contributed by atoms with Crippen LogP contribution in [0.25, 0.3) is 0 Å². The van der Waals surface area contributed by atoms with Crippen LogP contribution in [0.4, 0.5) is 0 Å². The Hall–Kier alpha value is -0.200. The number of rotatable bonds is 7. The van der Waals surface area contributed by atoms with Crippen molar-refractivity contribution in [1.29, 1.82) is 0 Å². The topological polar surface area (TPSA) is 98.7 Å². The smallest absolute Gasteiger partial charge is 0.0582 e. The molecule has 0 aliphatic carbocycles. The molecule has 0 aromatic rings. The van der Waals surface area contributed by atoms with Crippen molar-refractivity contribution in [1.82, 2.24) is 5.32 Å². The number of aliphatic hydroxyl groups excluding tert-OH is 3. The van der Waals surface area contributed by atoms with Crippen LogP contribution in [0.1, 0.15) is 26.7 Å². The van der Waals surface area contributed by atoms with E-state index in [1.807, 2.05) is 6.92 Å². The first-order valence-corrected chi connectivity index (χ1v) is 5.43. The molecule has 15 heavy (non-hydrogen) atoms. The Morgan fingerprint density at radius 3 is 2.07 bits per heavy atom. The SMILES string of the molecule is CC(CO)NCCO.CCCC(N)CO. The summed E-state index contributed by atoms with van der Waals surface area (Å²) in [5.41, 5.74) is 5.33. The first-order valence-electron chi connectivity index (χ1n) is 5.43. The van der Waals surface area contributed by atoms with E-state index >= 15 is 0 Å². The standard InChI is InChI=1S/C5H13NO2.C5H13NO/c1-5(4-8)6-2-3-7;1-2-3-5(6)4-7/h5-8H,2-4H2,1H3;5,7H,2-4,6H2,1H3. The van der Waals surface area contributed by atoms with Gasteiger partial charge in [-0.2, -0.15) is 0 Å². The van der Waals surface area contributed by atoms with Gasteiger partial charge in [-0.05, 0) is 13.3 Å². The van der Waals surface area contributed by atoms with Crippen LogP contribution in [0.5, 0.6) is 0 Å². The van der Waals surface area contributed by atoms with E-state index in [4.69, 9.17) is 21.1 Å². The molecule has 0 saturated carbocycles. The molecule has 2 unspecified atom stereocenters. The molecule has 94 valence electrons. The lowest BCUT2D eigenvalue weighted by molar-refractivity contribution is 0.234. The normalized spacial score (nSPS) is 14.0. The van der Waals surface area contributed by atoms with Crippen LogP contribution in [0.3, 0.4) is 0 Å². The third-order valence-electron chi connectivity index (χ3n) is 1.77. The van der Waals surface area contributed by atoms with E-state index in [0.29, 0.717) is 6.54 Å². The Labute approximate surface area is 92.3 Å². The Balaban J connectivity index is 0. The Bertz CT molecular complexity index is 115. The lowest BCUT2D eigenvalue weighted by atomic mass is 10.2. The molecule has 2 atom stereocenters. The van der Waals surface area contributed by atoms with Crippen LogP contribution in [0.15, 0.2) is 0 Å². The van der Waals surface area contributed by atoms with Gasteiger partial charge in [-0.15, -0.1) is 0 Å². The van der Waals surface area contributed by atoms with Crippen LogP contribution in [0, 0.1) is 0 Å². The van der Waals surface area contributed by atoms with E-state index < -0.39 is 0 Å². The van der Waals surface area contributed by atoms with Gasteiger partial charge in [0.15, 0.2) is 0 Å². The molecule has 0 rings (SSSR count). The first-order chi connectivity index (χ1) is 7.12. The lowest BCUT2D eigenvalue weighted by Gasteiger charge is -2.07. The third-order valence-corrected chi connectivity index (χ3v) is 1.77. The molecule has 0 bridgehead atoms. The summed E-state index contributed by atoms with van der Waals surface area (Å²) in [5, 5.41) is 27.9. The van der Waals surface area contributed by atoms with Crippen LogP contribution in [-0.4, -0.2) is 53.8 Å². The minimum Gasteiger partial charge on any atom is -0.395 e. The van der Waals surface area contributed by atoms with Gasteiger partial charge in [0, 0.05) is 18.6 Å². The van der Waals surface area contributed by atoms with Crippen LogP contribution >= 0.6 is 0 Å². The first kappa shape index (κ1) is 17.2. The summed E-state index contributed by atoms with van der Waals surface area (Å²) in [6.07, 6.45) is 1.98. The zero-order valence-electron chi connectivity index (χ0n) is 9.82. The second kappa shape index (κ2) is 13.8. The second-order valence-corrected chi connectivity index (χ2v) is 3.49. The quantitative estimate of drug-likeness (QED) is 0.383. The highest BCUT2D eigenvalue weighted by Gasteiger charge is 1.94. The molecule has 0 aromatic carbocycles. The lowest BCUT2D eigenvalue weighted by Crippen LogP contribution is -2.31. The number of hydrogen-bond donors (Lipinski definition) is 5. The predicted octanol–water partition coefficient (Wildman–Crippen LogP) is -0.945. The van der Waals surface area contributed by atoms with Crippen LogP contribution in [-0.2, 0) is 0 Å². The van der Waals surface area contributed by atoms with Crippen LogP contribution < -0.4 is 11.1 Å². The predicted molar refractivity (Wildman–Crippen MR) is 61.6 cm³/mol. The molecule has 0 fully saturated rings. The van der Waals surface area contributed by atoms with Crippen LogP contribution in [0.2, 0.25) is 0 Å². The second-order valence-electron chi connectivity index (χ2n) is 3.49. The molecule has 0 radical (unpaired) electrons. The van der Waals surface area contributed by atoms with Gasteiger partial charge in [-0.3, -0.25) is 0 Å². The van der Waals surface area contributed by atoms with Gasteiger partial charge in [0.1, 0.15) is 0 Å². The largest absolute Gasteiger partial charge is 0.395 e. The molecule has 0 aromatic heterocycles. The van der Waals surface area contributed by atoms with Crippen molar-refractivity contribution < 1.29 is 15.3 Å². The van der Waals surface area contributed by atoms with Gasteiger partial charge in [-0.25, -0.2) is 0 Å². The highest BCUT2D eigenvalue weighted by Crippen LogP contribution is 1.89. The average Bonchev–Trinajstić information content (AvgIpc) is 2.26. The van der Waals surface area contributed by atoms with Gasteiger partial charge in [-0.1, -0.05) is 13.3 Å². The van der Waals surface area contributed by atoms with E-state index in [1.54, 1.807) is 0 Å². The van der Waals surface area contributed by atoms with Gasteiger partial charge in [0.2, 0.25) is 0 Å². The van der Waals surface area contributed by atoms with Crippen molar-refractivity contribution in [3.05, 3.63) is 0 Å². The Kier molecular flexibility index (Phi) is 15.8. The summed E-state index contributed by atoms with van der Waals surface area (Å²) in [7, 11) is 0. The fourth-order valence-electron chi connectivity index (χ4n) is 0.838. The highest BCUT2D eigenvalue weighted by atomic mass is 16.3. The molecule has 5 heteroatoms. The zero-order valence-corrected chi connectivity index (χ0v) is 9.82. The summed E-state index contributed by atoms with van der Waals surface area (Å²) in [6.45, 7) is 4.84. The molecular weight excluding hydrogens is 196 g/mol. The molecule has 6 N–H and O–H groups in total. The summed E-state index contributed by atoms with van der Waals surface area (Å²) in [4.78, 5) is 0. The minimum absolute atomic E-state index is 0.00463. The number of hydrogen-bond acceptors (Lipinski definition) is 5. The minimum atomic E-state index is 0.00463. The number of nitrogens with one attached hydrogen (secondary N) is 1.